The van der Waals surface area contributed by atoms with Gasteiger partial charge in [0.25, 0.3) is 5.91 Å². The van der Waals surface area contributed by atoms with Crippen molar-refractivity contribution in [1.29, 1.82) is 0 Å². The van der Waals surface area contributed by atoms with Crippen LogP contribution < -0.4 is 4.90 Å². The molecule has 5 rings (SSSR count). The molecule has 0 spiro atoms. The zero-order valence-electron chi connectivity index (χ0n) is 17.6. The molecule has 0 radical (unpaired) electrons. The van der Waals surface area contributed by atoms with Gasteiger partial charge in [-0.2, -0.15) is 0 Å². The first-order valence-electron chi connectivity index (χ1n) is 10.5. The fourth-order valence-electron chi connectivity index (χ4n) is 4.52. The highest BCUT2D eigenvalue weighted by Crippen LogP contribution is 2.39. The minimum absolute atomic E-state index is 0.0366. The van der Waals surface area contributed by atoms with Gasteiger partial charge < -0.3 is 14.8 Å². The van der Waals surface area contributed by atoms with E-state index in [0.717, 1.165) is 28.9 Å². The number of rotatable bonds is 3. The van der Waals surface area contributed by atoms with Crippen molar-refractivity contribution < 1.29 is 4.79 Å². The lowest BCUT2D eigenvalue weighted by Gasteiger charge is -2.36. The summed E-state index contributed by atoms with van der Waals surface area (Å²) in [5.74, 6) is 0.0366. The Morgan fingerprint density at radius 1 is 1.00 bits per heavy atom. The van der Waals surface area contributed by atoms with Crippen LogP contribution in [0.5, 0.6) is 0 Å². The molecular formula is C26H24ClN3O. The number of aromatic nitrogens is 1. The number of anilines is 1. The maximum absolute atomic E-state index is 13.6. The number of carbonyl (C=O) groups is 1. The van der Waals surface area contributed by atoms with Crippen molar-refractivity contribution in [2.24, 2.45) is 0 Å². The Morgan fingerprint density at radius 2 is 1.71 bits per heavy atom. The lowest BCUT2D eigenvalue weighted by Crippen LogP contribution is -2.40. The second-order valence-corrected chi connectivity index (χ2v) is 8.64. The summed E-state index contributed by atoms with van der Waals surface area (Å²) in [5, 5.41) is 1.92. The van der Waals surface area contributed by atoms with E-state index in [1.165, 1.54) is 10.9 Å². The summed E-state index contributed by atoms with van der Waals surface area (Å²) >= 11 is 6.16. The first-order chi connectivity index (χ1) is 15.0. The third-order valence-corrected chi connectivity index (χ3v) is 6.36. The van der Waals surface area contributed by atoms with E-state index in [-0.39, 0.29) is 11.9 Å². The van der Waals surface area contributed by atoms with Gasteiger partial charge in [0.05, 0.1) is 6.04 Å². The smallest absolute Gasteiger partial charge is 0.254 e. The van der Waals surface area contributed by atoms with Crippen molar-refractivity contribution in [3.05, 3.63) is 100 Å². The second kappa shape index (κ2) is 7.78. The van der Waals surface area contributed by atoms with Crippen molar-refractivity contribution in [3.8, 4) is 0 Å². The van der Waals surface area contributed by atoms with E-state index in [9.17, 15) is 4.79 Å². The van der Waals surface area contributed by atoms with Gasteiger partial charge in [-0.3, -0.25) is 4.79 Å². The third kappa shape index (κ3) is 3.47. The molecule has 1 unspecified atom stereocenters. The molecular weight excluding hydrogens is 406 g/mol. The standard InChI is InChI=1S/C26H24ClN3O/c1-29(2)20-13-9-18(10-14-20)26(31)30-16-15-22-21-5-3-4-6-23(21)28-24(22)25(30)17-7-11-19(27)12-8-17/h3-14,25,28H,15-16H2,1-2H3. The molecule has 1 atom stereocenters. The summed E-state index contributed by atoms with van der Waals surface area (Å²) in [7, 11) is 3.99. The first-order valence-corrected chi connectivity index (χ1v) is 10.8. The molecule has 1 aromatic heterocycles. The molecule has 0 bridgehead atoms. The molecule has 31 heavy (non-hydrogen) atoms. The predicted molar refractivity (Wildman–Crippen MR) is 127 cm³/mol. The van der Waals surface area contributed by atoms with E-state index >= 15 is 0 Å². The molecule has 1 amide bonds. The first kappa shape index (κ1) is 19.7. The number of nitrogens with one attached hydrogen (secondary N) is 1. The molecule has 4 aromatic rings. The van der Waals surface area contributed by atoms with E-state index in [0.29, 0.717) is 17.1 Å². The Balaban J connectivity index is 1.60. The maximum Gasteiger partial charge on any atom is 0.254 e. The van der Waals surface area contributed by atoms with E-state index in [2.05, 4.69) is 23.2 Å². The van der Waals surface area contributed by atoms with Crippen LogP contribution in [-0.2, 0) is 6.42 Å². The molecule has 156 valence electrons. The van der Waals surface area contributed by atoms with Crippen molar-refractivity contribution in [2.45, 2.75) is 12.5 Å². The van der Waals surface area contributed by atoms with Crippen LogP contribution >= 0.6 is 11.6 Å². The van der Waals surface area contributed by atoms with Gasteiger partial charge in [-0.15, -0.1) is 0 Å². The van der Waals surface area contributed by atoms with Crippen LogP contribution in [0.1, 0.15) is 33.2 Å². The van der Waals surface area contributed by atoms with E-state index in [1.807, 2.05) is 78.5 Å². The summed E-state index contributed by atoms with van der Waals surface area (Å²) in [6.45, 7) is 0.663. The molecule has 0 saturated carbocycles. The van der Waals surface area contributed by atoms with Gasteiger partial charge in [0.15, 0.2) is 0 Å². The summed E-state index contributed by atoms with van der Waals surface area (Å²) in [6.07, 6.45) is 0.824. The van der Waals surface area contributed by atoms with Crippen LogP contribution in [0.15, 0.2) is 72.8 Å². The second-order valence-electron chi connectivity index (χ2n) is 8.21. The van der Waals surface area contributed by atoms with Crippen molar-refractivity contribution in [3.63, 3.8) is 0 Å². The molecule has 1 N–H and O–H groups in total. The highest BCUT2D eigenvalue weighted by molar-refractivity contribution is 6.30. The predicted octanol–water partition coefficient (Wildman–Crippen LogP) is 5.68. The minimum Gasteiger partial charge on any atom is -0.378 e. The quantitative estimate of drug-likeness (QED) is 0.455. The normalized spacial score (nSPS) is 15.7. The number of carbonyl (C=O) groups excluding carboxylic acids is 1. The summed E-state index contributed by atoms with van der Waals surface area (Å²) in [4.78, 5) is 21.2. The average Bonchev–Trinajstić information content (AvgIpc) is 3.17. The average molecular weight is 430 g/mol. The Labute approximate surface area is 187 Å². The molecule has 2 heterocycles. The van der Waals surface area contributed by atoms with Crippen LogP contribution in [-0.4, -0.2) is 36.4 Å². The molecule has 0 aliphatic carbocycles. The summed E-state index contributed by atoms with van der Waals surface area (Å²) in [6, 6.07) is 23.8. The minimum atomic E-state index is -0.186. The number of fused-ring (bicyclic) bond motifs is 3. The lowest BCUT2D eigenvalue weighted by atomic mass is 9.91. The number of hydrogen-bond acceptors (Lipinski definition) is 2. The Hall–Kier alpha value is -3.24. The molecule has 1 aliphatic heterocycles. The Kier molecular flexibility index (Phi) is 4.95. The van der Waals surface area contributed by atoms with Crippen LogP contribution in [0, 0.1) is 0 Å². The highest BCUT2D eigenvalue weighted by atomic mass is 35.5. The van der Waals surface area contributed by atoms with Crippen LogP contribution in [0.3, 0.4) is 0 Å². The fourth-order valence-corrected chi connectivity index (χ4v) is 4.65. The summed E-state index contributed by atoms with van der Waals surface area (Å²) < 4.78 is 0. The number of para-hydroxylation sites is 1. The van der Waals surface area contributed by atoms with E-state index in [4.69, 9.17) is 11.6 Å². The molecule has 5 heteroatoms. The SMILES string of the molecule is CN(C)c1ccc(C(=O)N2CCc3c([nH]c4ccccc34)C2c2ccc(Cl)cc2)cc1. The topological polar surface area (TPSA) is 39.3 Å². The third-order valence-electron chi connectivity index (χ3n) is 6.11. The van der Waals surface area contributed by atoms with Crippen molar-refractivity contribution >= 4 is 34.1 Å². The van der Waals surface area contributed by atoms with Gasteiger partial charge in [0.1, 0.15) is 0 Å². The van der Waals surface area contributed by atoms with Gasteiger partial charge in [0.2, 0.25) is 0 Å². The maximum atomic E-state index is 13.6. The van der Waals surface area contributed by atoms with Gasteiger partial charge in [0, 0.05) is 53.5 Å². The summed E-state index contributed by atoms with van der Waals surface area (Å²) in [5.41, 5.74) is 6.31. The molecule has 1 aliphatic rings. The lowest BCUT2D eigenvalue weighted by molar-refractivity contribution is 0.0692. The molecule has 3 aromatic carbocycles. The van der Waals surface area contributed by atoms with Gasteiger partial charge in [-0.1, -0.05) is 41.9 Å². The number of H-pyrrole nitrogens is 1. The monoisotopic (exact) mass is 429 g/mol. The van der Waals surface area contributed by atoms with Crippen molar-refractivity contribution in [2.75, 3.05) is 25.5 Å². The molecule has 0 fully saturated rings. The number of aromatic amines is 1. The number of amides is 1. The van der Waals surface area contributed by atoms with Gasteiger partial charge >= 0.3 is 0 Å². The highest BCUT2D eigenvalue weighted by Gasteiger charge is 2.34. The molecule has 4 nitrogen and oxygen atoms in total. The number of halogens is 1. The van der Waals surface area contributed by atoms with E-state index < -0.39 is 0 Å². The zero-order valence-corrected chi connectivity index (χ0v) is 18.4. The number of nitrogens with zero attached hydrogens (tertiary/aromatic N) is 2. The van der Waals surface area contributed by atoms with Crippen LogP contribution in [0.2, 0.25) is 5.02 Å². The fraction of sp³-hybridized carbons (Fsp3) is 0.192. The van der Waals surface area contributed by atoms with Crippen LogP contribution in [0.4, 0.5) is 5.69 Å². The largest absolute Gasteiger partial charge is 0.378 e. The zero-order chi connectivity index (χ0) is 21.5. The number of hydrogen-bond donors (Lipinski definition) is 1. The Bertz CT molecular complexity index is 1240. The van der Waals surface area contributed by atoms with Gasteiger partial charge in [-0.25, -0.2) is 0 Å². The Morgan fingerprint density at radius 3 is 2.42 bits per heavy atom. The molecule has 0 saturated heterocycles. The number of benzene rings is 3. The van der Waals surface area contributed by atoms with Gasteiger partial charge in [-0.05, 0) is 60.0 Å². The van der Waals surface area contributed by atoms with E-state index in [1.54, 1.807) is 0 Å². The van der Waals surface area contributed by atoms with Crippen LogP contribution in [0.25, 0.3) is 10.9 Å². The van der Waals surface area contributed by atoms with Crippen molar-refractivity contribution in [1.82, 2.24) is 9.88 Å².